The van der Waals surface area contributed by atoms with E-state index in [2.05, 4.69) is 12.1 Å². The topological polar surface area (TPSA) is 23.8 Å². The van der Waals surface area contributed by atoms with Crippen LogP contribution in [-0.2, 0) is 0 Å². The molecule has 0 spiro atoms. The van der Waals surface area contributed by atoms with Crippen molar-refractivity contribution in [3.05, 3.63) is 51.8 Å². The highest BCUT2D eigenvalue weighted by molar-refractivity contribution is 8.06. The van der Waals surface area contributed by atoms with Crippen molar-refractivity contribution < 1.29 is 0 Å². The normalized spacial score (nSPS) is 17.6. The number of nitriles is 1. The van der Waals surface area contributed by atoms with Gasteiger partial charge in [-0.2, -0.15) is 5.26 Å². The number of allylic oxidation sites excluding steroid dienone is 3. The van der Waals surface area contributed by atoms with E-state index in [1.807, 2.05) is 36.6 Å². The maximum Gasteiger partial charge on any atom is 0.101 e. The SMILES string of the molecule is Cc1ccccc1C(C#N)=C1CC=CS1. The molecular weight excluding hydrogens is 202 g/mol. The van der Waals surface area contributed by atoms with Crippen molar-refractivity contribution in [1.82, 2.24) is 0 Å². The smallest absolute Gasteiger partial charge is 0.101 e. The maximum atomic E-state index is 9.22. The fourth-order valence-electron chi connectivity index (χ4n) is 1.62. The maximum absolute atomic E-state index is 9.22. The number of hydrogen-bond donors (Lipinski definition) is 0. The summed E-state index contributed by atoms with van der Waals surface area (Å²) in [5.41, 5.74) is 3.04. The molecular formula is C13H11NS. The van der Waals surface area contributed by atoms with Crippen molar-refractivity contribution in [1.29, 1.82) is 5.26 Å². The fraction of sp³-hybridized carbons (Fsp3) is 0.154. The molecule has 0 saturated carbocycles. The Morgan fingerprint density at radius 1 is 1.40 bits per heavy atom. The van der Waals surface area contributed by atoms with E-state index in [0.717, 1.165) is 28.0 Å². The van der Waals surface area contributed by atoms with Crippen molar-refractivity contribution in [3.63, 3.8) is 0 Å². The van der Waals surface area contributed by atoms with Gasteiger partial charge in [0.05, 0.1) is 5.57 Å². The van der Waals surface area contributed by atoms with Crippen LogP contribution in [0.5, 0.6) is 0 Å². The monoisotopic (exact) mass is 213 g/mol. The van der Waals surface area contributed by atoms with E-state index in [0.29, 0.717) is 0 Å². The van der Waals surface area contributed by atoms with Crippen LogP contribution in [0.15, 0.2) is 40.7 Å². The van der Waals surface area contributed by atoms with Crippen LogP contribution in [0.4, 0.5) is 0 Å². The first-order chi connectivity index (χ1) is 7.33. The number of hydrogen-bond acceptors (Lipinski definition) is 2. The Morgan fingerprint density at radius 3 is 2.80 bits per heavy atom. The molecule has 0 amide bonds. The third-order valence-corrected chi connectivity index (χ3v) is 3.40. The molecule has 0 aromatic heterocycles. The zero-order chi connectivity index (χ0) is 10.7. The van der Waals surface area contributed by atoms with Gasteiger partial charge in [-0.25, -0.2) is 0 Å². The van der Waals surface area contributed by atoms with E-state index in [1.54, 1.807) is 11.8 Å². The fourth-order valence-corrected chi connectivity index (χ4v) is 2.44. The summed E-state index contributed by atoms with van der Waals surface area (Å²) in [7, 11) is 0. The molecule has 1 aromatic carbocycles. The van der Waals surface area contributed by atoms with Gasteiger partial charge in [-0.15, -0.1) is 11.8 Å². The summed E-state index contributed by atoms with van der Waals surface area (Å²) in [5, 5.41) is 11.3. The number of rotatable bonds is 1. The molecule has 1 aromatic rings. The summed E-state index contributed by atoms with van der Waals surface area (Å²) in [6, 6.07) is 10.4. The third-order valence-electron chi connectivity index (χ3n) is 2.41. The molecule has 0 unspecified atom stereocenters. The Balaban J connectivity index is 2.50. The van der Waals surface area contributed by atoms with Crippen LogP contribution in [0, 0.1) is 18.3 Å². The van der Waals surface area contributed by atoms with Gasteiger partial charge in [0.15, 0.2) is 0 Å². The van der Waals surface area contributed by atoms with Gasteiger partial charge in [0.2, 0.25) is 0 Å². The first kappa shape index (κ1) is 10.1. The Hall–Kier alpha value is -1.46. The average Bonchev–Trinajstić information content (AvgIpc) is 2.75. The molecule has 1 heterocycles. The van der Waals surface area contributed by atoms with Gasteiger partial charge >= 0.3 is 0 Å². The molecule has 2 rings (SSSR count). The lowest BCUT2D eigenvalue weighted by Crippen LogP contribution is -1.88. The van der Waals surface area contributed by atoms with Crippen molar-refractivity contribution in [2.24, 2.45) is 0 Å². The highest BCUT2D eigenvalue weighted by Crippen LogP contribution is 2.35. The average molecular weight is 213 g/mol. The van der Waals surface area contributed by atoms with Crippen LogP contribution in [-0.4, -0.2) is 0 Å². The minimum atomic E-state index is 0.822. The molecule has 0 radical (unpaired) electrons. The van der Waals surface area contributed by atoms with Crippen molar-refractivity contribution in [3.8, 4) is 6.07 Å². The zero-order valence-corrected chi connectivity index (χ0v) is 9.34. The summed E-state index contributed by atoms with van der Waals surface area (Å²) in [4.78, 5) is 1.16. The Morgan fingerprint density at radius 2 is 2.20 bits per heavy atom. The van der Waals surface area contributed by atoms with E-state index >= 15 is 0 Å². The van der Waals surface area contributed by atoms with Gasteiger partial charge < -0.3 is 0 Å². The third kappa shape index (κ3) is 1.98. The van der Waals surface area contributed by atoms with E-state index in [9.17, 15) is 5.26 Å². The van der Waals surface area contributed by atoms with Crippen molar-refractivity contribution in [2.75, 3.05) is 0 Å². The predicted molar refractivity (Wildman–Crippen MR) is 65.1 cm³/mol. The van der Waals surface area contributed by atoms with Crippen LogP contribution in [0.1, 0.15) is 17.5 Å². The van der Waals surface area contributed by atoms with Crippen molar-refractivity contribution >= 4 is 17.3 Å². The first-order valence-corrected chi connectivity index (χ1v) is 5.72. The number of thioether (sulfide) groups is 1. The minimum absolute atomic E-state index is 0.822. The second-order valence-corrected chi connectivity index (χ2v) is 4.42. The molecule has 0 bridgehead atoms. The predicted octanol–water partition coefficient (Wildman–Crippen LogP) is 3.88. The Bertz CT molecular complexity index is 468. The van der Waals surface area contributed by atoms with Crippen LogP contribution < -0.4 is 0 Å². The van der Waals surface area contributed by atoms with E-state index in [4.69, 9.17) is 0 Å². The van der Waals surface area contributed by atoms with E-state index < -0.39 is 0 Å². The van der Waals surface area contributed by atoms with Gasteiger partial charge in [-0.1, -0.05) is 30.3 Å². The lowest BCUT2D eigenvalue weighted by Gasteiger charge is -2.06. The van der Waals surface area contributed by atoms with Crippen LogP contribution in [0.25, 0.3) is 5.57 Å². The summed E-state index contributed by atoms with van der Waals surface area (Å²) in [5.74, 6) is 0. The quantitative estimate of drug-likeness (QED) is 0.661. The highest BCUT2D eigenvalue weighted by Gasteiger charge is 2.12. The van der Waals surface area contributed by atoms with Gasteiger partial charge in [-0.3, -0.25) is 0 Å². The molecule has 15 heavy (non-hydrogen) atoms. The molecule has 1 nitrogen and oxygen atoms in total. The number of nitrogens with zero attached hydrogens (tertiary/aromatic N) is 1. The number of benzene rings is 1. The Kier molecular flexibility index (Phi) is 2.94. The lowest BCUT2D eigenvalue weighted by atomic mass is 10.0. The second-order valence-electron chi connectivity index (χ2n) is 3.42. The molecule has 1 aliphatic heterocycles. The highest BCUT2D eigenvalue weighted by atomic mass is 32.2. The Labute approximate surface area is 94.1 Å². The van der Waals surface area contributed by atoms with Gasteiger partial charge in [0.25, 0.3) is 0 Å². The molecule has 0 atom stereocenters. The van der Waals surface area contributed by atoms with Gasteiger partial charge in [0, 0.05) is 4.91 Å². The van der Waals surface area contributed by atoms with Gasteiger partial charge in [-0.05, 0) is 29.9 Å². The van der Waals surface area contributed by atoms with E-state index in [1.165, 1.54) is 0 Å². The minimum Gasteiger partial charge on any atom is -0.192 e. The van der Waals surface area contributed by atoms with Crippen LogP contribution in [0.2, 0.25) is 0 Å². The first-order valence-electron chi connectivity index (χ1n) is 4.84. The molecule has 2 heteroatoms. The summed E-state index contributed by atoms with van der Waals surface area (Å²) >= 11 is 1.66. The molecule has 1 aliphatic rings. The molecule has 74 valence electrons. The zero-order valence-electron chi connectivity index (χ0n) is 8.53. The standard InChI is InChI=1S/C13H11NS/c1-10-5-2-3-6-11(10)12(9-14)13-7-4-8-15-13/h2-6,8H,7H2,1H3. The van der Waals surface area contributed by atoms with Crippen LogP contribution in [0.3, 0.4) is 0 Å². The number of aryl methyl sites for hydroxylation is 1. The molecule has 0 aliphatic carbocycles. The summed E-state index contributed by atoms with van der Waals surface area (Å²) in [6.07, 6.45) is 2.98. The molecule has 0 N–H and O–H groups in total. The van der Waals surface area contributed by atoms with Crippen LogP contribution >= 0.6 is 11.8 Å². The second kappa shape index (κ2) is 4.37. The lowest BCUT2D eigenvalue weighted by molar-refractivity contribution is 1.36. The summed E-state index contributed by atoms with van der Waals surface area (Å²) < 4.78 is 0. The van der Waals surface area contributed by atoms with Crippen molar-refractivity contribution in [2.45, 2.75) is 13.3 Å². The van der Waals surface area contributed by atoms with Gasteiger partial charge in [0.1, 0.15) is 6.07 Å². The van der Waals surface area contributed by atoms with E-state index in [-0.39, 0.29) is 0 Å². The summed E-state index contributed by atoms with van der Waals surface area (Å²) in [6.45, 7) is 2.04. The molecule has 0 saturated heterocycles. The largest absolute Gasteiger partial charge is 0.192 e. The molecule has 0 fully saturated rings.